The first kappa shape index (κ1) is 27.9. The molecule has 0 saturated carbocycles. The molecule has 0 spiro atoms. The Hall–Kier alpha value is -1.68. The van der Waals surface area contributed by atoms with Crippen molar-refractivity contribution in [2.24, 2.45) is 17.3 Å². The molecule has 2 N–H and O–H groups in total. The first-order chi connectivity index (χ1) is 16.2. The smallest absolute Gasteiger partial charge is 0.309 e. The molecule has 0 bridgehead atoms. The lowest BCUT2D eigenvalue weighted by Gasteiger charge is -2.34. The van der Waals surface area contributed by atoms with Crippen LogP contribution < -0.4 is 0 Å². The Morgan fingerprint density at radius 2 is 1.94 bits per heavy atom. The molecule has 0 aliphatic carbocycles. The number of cyclic esters (lactones) is 1. The summed E-state index contributed by atoms with van der Waals surface area (Å²) in [5.41, 5.74) is -1.32. The van der Waals surface area contributed by atoms with Crippen LogP contribution in [0.15, 0.2) is 11.2 Å². The van der Waals surface area contributed by atoms with E-state index in [0.717, 1.165) is 11.4 Å². The Bertz CT molecular complexity index is 961. The lowest BCUT2D eigenvalue weighted by molar-refractivity contribution is -0.155. The molecule has 0 aromatic carbocycles. The maximum absolute atomic E-state index is 15.3. The molecule has 1 unspecified atom stereocenters. The van der Waals surface area contributed by atoms with Crippen molar-refractivity contribution in [1.29, 1.82) is 0 Å². The highest BCUT2D eigenvalue weighted by Crippen LogP contribution is 2.45. The first-order valence-corrected chi connectivity index (χ1v) is 13.2. The number of esters is 1. The lowest BCUT2D eigenvalue weighted by atomic mass is 9.73. The Kier molecular flexibility index (Phi) is 8.57. The molecule has 9 heteroatoms. The summed E-state index contributed by atoms with van der Waals surface area (Å²) in [6.07, 6.45) is -0.593. The van der Waals surface area contributed by atoms with Crippen molar-refractivity contribution in [1.82, 2.24) is 4.98 Å². The van der Waals surface area contributed by atoms with Gasteiger partial charge in [0.15, 0.2) is 6.10 Å². The number of hydrogen-bond donors (Lipinski definition) is 2. The second kappa shape index (κ2) is 10.7. The van der Waals surface area contributed by atoms with E-state index in [1.54, 1.807) is 26.2 Å². The van der Waals surface area contributed by atoms with Crippen molar-refractivity contribution in [2.45, 2.75) is 104 Å². The number of hydrogen-bond acceptors (Lipinski definition) is 8. The second-order valence-corrected chi connectivity index (χ2v) is 12.0. The number of fused-ring (bicyclic) bond motifs is 1. The van der Waals surface area contributed by atoms with Crippen molar-refractivity contribution in [3.63, 3.8) is 0 Å². The summed E-state index contributed by atoms with van der Waals surface area (Å²) in [6.45, 7) is 10.4. The quantitative estimate of drug-likeness (QED) is 0.448. The first-order valence-electron chi connectivity index (χ1n) is 12.3. The van der Waals surface area contributed by atoms with Gasteiger partial charge in [0.05, 0.1) is 46.5 Å². The zero-order valence-electron chi connectivity index (χ0n) is 21.4. The number of aryl methyl sites for hydroxylation is 1. The minimum absolute atomic E-state index is 0.129. The molecule has 2 aliphatic rings. The van der Waals surface area contributed by atoms with Gasteiger partial charge in [0.2, 0.25) is 0 Å². The molecule has 2 aliphatic heterocycles. The van der Waals surface area contributed by atoms with E-state index in [0.29, 0.717) is 18.5 Å². The number of epoxide rings is 1. The van der Waals surface area contributed by atoms with E-state index in [2.05, 4.69) is 4.98 Å². The Labute approximate surface area is 210 Å². The predicted octanol–water partition coefficient (Wildman–Crippen LogP) is 4.38. The van der Waals surface area contributed by atoms with Gasteiger partial charge in [-0.25, -0.2) is 9.37 Å². The maximum atomic E-state index is 15.3. The topological polar surface area (TPSA) is 109 Å². The number of carbonyl (C=O) groups is 2. The molecule has 0 amide bonds. The molecule has 7 nitrogen and oxygen atoms in total. The average Bonchev–Trinajstić information content (AvgIpc) is 3.22. The fourth-order valence-corrected chi connectivity index (χ4v) is 5.44. The zero-order valence-corrected chi connectivity index (χ0v) is 22.2. The SMILES string of the molecule is Cc1nc(C=C(F)C2C[C@H]3O[C@@]3(C)CCC[C@H](C)[C@H](O)[C@@H](C)C(=O)C(C)(C)[C@@H](O)CC(=O)O2)cs1. The van der Waals surface area contributed by atoms with Gasteiger partial charge in [0, 0.05) is 17.7 Å². The minimum Gasteiger partial charge on any atom is -0.455 e. The normalized spacial score (nSPS) is 37.5. The maximum Gasteiger partial charge on any atom is 0.309 e. The summed E-state index contributed by atoms with van der Waals surface area (Å²) in [5, 5.41) is 24.1. The van der Waals surface area contributed by atoms with Gasteiger partial charge in [-0.05, 0) is 38.7 Å². The van der Waals surface area contributed by atoms with Crippen LogP contribution in [0.1, 0.15) is 77.4 Å². The van der Waals surface area contributed by atoms with Crippen LogP contribution in [0.3, 0.4) is 0 Å². The summed E-state index contributed by atoms with van der Waals surface area (Å²) in [6, 6.07) is 0. The summed E-state index contributed by atoms with van der Waals surface area (Å²) in [4.78, 5) is 30.2. The van der Waals surface area contributed by atoms with Gasteiger partial charge >= 0.3 is 5.97 Å². The number of Topliss-reactive ketones (excluding diaryl/α,β-unsaturated/α-hetero) is 1. The number of nitrogens with zero attached hydrogens (tertiary/aromatic N) is 1. The molecule has 1 aromatic heterocycles. The van der Waals surface area contributed by atoms with E-state index in [-0.39, 0.29) is 24.2 Å². The fourth-order valence-electron chi connectivity index (χ4n) is 4.86. The third-order valence-electron chi connectivity index (χ3n) is 7.64. The number of rotatable bonds is 2. The minimum atomic E-state index is -1.35. The third kappa shape index (κ3) is 6.56. The van der Waals surface area contributed by atoms with E-state index in [1.807, 2.05) is 20.8 Å². The number of ether oxygens (including phenoxy) is 2. The Balaban J connectivity index is 1.85. The van der Waals surface area contributed by atoms with E-state index in [1.165, 1.54) is 17.4 Å². The van der Waals surface area contributed by atoms with Crippen LogP contribution in [0.4, 0.5) is 4.39 Å². The van der Waals surface area contributed by atoms with Crippen LogP contribution in [-0.2, 0) is 19.1 Å². The van der Waals surface area contributed by atoms with Gasteiger partial charge in [0.25, 0.3) is 0 Å². The van der Waals surface area contributed by atoms with Crippen LogP contribution in [0.2, 0.25) is 0 Å². The molecule has 0 radical (unpaired) electrons. The van der Waals surface area contributed by atoms with E-state index < -0.39 is 53.5 Å². The molecular formula is C26H38FNO6S. The van der Waals surface area contributed by atoms with E-state index >= 15 is 4.39 Å². The van der Waals surface area contributed by atoms with Crippen molar-refractivity contribution in [2.75, 3.05) is 0 Å². The fraction of sp³-hybridized carbons (Fsp3) is 0.731. The summed E-state index contributed by atoms with van der Waals surface area (Å²) < 4.78 is 26.7. The largest absolute Gasteiger partial charge is 0.455 e. The highest BCUT2D eigenvalue weighted by molar-refractivity contribution is 7.09. The molecule has 3 heterocycles. The summed E-state index contributed by atoms with van der Waals surface area (Å²) in [7, 11) is 0. The highest BCUT2D eigenvalue weighted by Gasteiger charge is 2.53. The summed E-state index contributed by atoms with van der Waals surface area (Å²) in [5.74, 6) is -2.62. The number of carbonyl (C=O) groups excluding carboxylic acids is 2. The van der Waals surface area contributed by atoms with E-state index in [4.69, 9.17) is 9.47 Å². The summed E-state index contributed by atoms with van der Waals surface area (Å²) >= 11 is 1.39. The van der Waals surface area contributed by atoms with Crippen LogP contribution in [0.25, 0.3) is 6.08 Å². The zero-order chi connectivity index (χ0) is 26.1. The van der Waals surface area contributed by atoms with Gasteiger partial charge < -0.3 is 19.7 Å². The third-order valence-corrected chi connectivity index (χ3v) is 8.43. The van der Waals surface area contributed by atoms with Gasteiger partial charge in [-0.3, -0.25) is 9.59 Å². The number of aromatic nitrogens is 1. The molecule has 1 aromatic rings. The van der Waals surface area contributed by atoms with Crippen molar-refractivity contribution < 1.29 is 33.7 Å². The molecule has 196 valence electrons. The highest BCUT2D eigenvalue weighted by atomic mass is 32.1. The standard InChI is InChI=1S/C26H38FNO6S/c1-14-8-7-9-26(6)21(34-26)11-19(18(27)10-17-13-35-16(3)28-17)33-22(30)12-20(29)25(4,5)24(32)15(2)23(14)31/h10,13-15,19-21,23,29,31H,7-9,11-12H2,1-6H3/t14-,15+,19?,20-,21+,23-,26-/m0/s1. The second-order valence-electron chi connectivity index (χ2n) is 10.9. The molecule has 35 heavy (non-hydrogen) atoms. The number of halogens is 1. The monoisotopic (exact) mass is 511 g/mol. The molecule has 7 atom stereocenters. The average molecular weight is 512 g/mol. The van der Waals surface area contributed by atoms with E-state index in [9.17, 15) is 19.8 Å². The van der Waals surface area contributed by atoms with Crippen molar-refractivity contribution in [3.8, 4) is 0 Å². The van der Waals surface area contributed by atoms with Crippen molar-refractivity contribution >= 4 is 29.2 Å². The van der Waals surface area contributed by atoms with Gasteiger partial charge in [0.1, 0.15) is 11.6 Å². The van der Waals surface area contributed by atoms with Crippen LogP contribution in [-0.4, -0.2) is 57.0 Å². The molecular weight excluding hydrogens is 473 g/mol. The van der Waals surface area contributed by atoms with Gasteiger partial charge in [-0.1, -0.05) is 34.1 Å². The number of ketones is 1. The van der Waals surface area contributed by atoms with Gasteiger partial charge in [-0.15, -0.1) is 11.3 Å². The molecule has 2 saturated heterocycles. The Morgan fingerprint density at radius 3 is 2.57 bits per heavy atom. The van der Waals surface area contributed by atoms with Crippen LogP contribution in [0, 0.1) is 24.2 Å². The Morgan fingerprint density at radius 1 is 1.26 bits per heavy atom. The number of thiazole rings is 1. The lowest BCUT2D eigenvalue weighted by Crippen LogP contribution is -2.45. The molecule has 2 fully saturated rings. The van der Waals surface area contributed by atoms with Crippen molar-refractivity contribution in [3.05, 3.63) is 21.9 Å². The number of aliphatic hydroxyl groups is 2. The van der Waals surface area contributed by atoms with Crippen LogP contribution >= 0.6 is 11.3 Å². The number of aliphatic hydroxyl groups excluding tert-OH is 2. The van der Waals surface area contributed by atoms with Gasteiger partial charge in [-0.2, -0.15) is 0 Å². The molecule has 3 rings (SSSR count). The predicted molar refractivity (Wildman–Crippen MR) is 131 cm³/mol. The van der Waals surface area contributed by atoms with Crippen LogP contribution in [0.5, 0.6) is 0 Å².